The molecule has 1 aromatic rings. The molecule has 0 spiro atoms. The SMILES string of the molecule is CCOC(=O)C(CC(=O)c1ccccc1)N[C@@H](C)C(=O)O.CN(C)C.Cl. The van der Waals surface area contributed by atoms with E-state index in [9.17, 15) is 14.4 Å². The zero-order valence-corrected chi connectivity index (χ0v) is 16.7. The van der Waals surface area contributed by atoms with Gasteiger partial charge in [0, 0.05) is 12.0 Å². The zero-order chi connectivity index (χ0) is 19.4. The van der Waals surface area contributed by atoms with Crippen LogP contribution in [0.2, 0.25) is 0 Å². The molecule has 2 atom stereocenters. The van der Waals surface area contributed by atoms with Gasteiger partial charge >= 0.3 is 11.9 Å². The van der Waals surface area contributed by atoms with Gasteiger partial charge in [-0.1, -0.05) is 30.3 Å². The third-order valence-electron chi connectivity index (χ3n) is 2.88. The van der Waals surface area contributed by atoms with E-state index < -0.39 is 24.0 Å². The molecule has 0 amide bonds. The highest BCUT2D eigenvalue weighted by atomic mass is 35.5. The second-order valence-electron chi connectivity index (χ2n) is 5.87. The van der Waals surface area contributed by atoms with E-state index in [0.717, 1.165) is 0 Å². The van der Waals surface area contributed by atoms with E-state index in [1.807, 2.05) is 26.0 Å². The number of ketones is 1. The van der Waals surface area contributed by atoms with Crippen molar-refractivity contribution in [3.05, 3.63) is 35.9 Å². The number of carbonyl (C=O) groups is 3. The molecule has 8 heteroatoms. The summed E-state index contributed by atoms with van der Waals surface area (Å²) >= 11 is 0. The van der Waals surface area contributed by atoms with E-state index in [1.165, 1.54) is 6.92 Å². The maximum Gasteiger partial charge on any atom is 0.323 e. The lowest BCUT2D eigenvalue weighted by Gasteiger charge is -2.19. The minimum absolute atomic E-state index is 0. The van der Waals surface area contributed by atoms with Gasteiger partial charge in [-0.15, -0.1) is 12.4 Å². The van der Waals surface area contributed by atoms with Gasteiger partial charge in [-0.3, -0.25) is 19.7 Å². The monoisotopic (exact) mass is 388 g/mol. The van der Waals surface area contributed by atoms with E-state index >= 15 is 0 Å². The lowest BCUT2D eigenvalue weighted by molar-refractivity contribution is -0.146. The predicted octanol–water partition coefficient (Wildman–Crippen LogP) is 1.85. The van der Waals surface area contributed by atoms with E-state index in [1.54, 1.807) is 37.3 Å². The summed E-state index contributed by atoms with van der Waals surface area (Å²) in [4.78, 5) is 36.8. The number of Topliss-reactive ketones (excluding diaryl/α,β-unsaturated/α-hetero) is 1. The molecule has 0 radical (unpaired) electrons. The number of rotatable bonds is 8. The average Bonchev–Trinajstić information content (AvgIpc) is 2.54. The number of benzene rings is 1. The van der Waals surface area contributed by atoms with Crippen molar-refractivity contribution >= 4 is 30.1 Å². The molecule has 2 N–H and O–H groups in total. The van der Waals surface area contributed by atoms with E-state index in [-0.39, 0.29) is 31.2 Å². The number of nitrogens with one attached hydrogen (secondary N) is 1. The van der Waals surface area contributed by atoms with Crippen LogP contribution in [0.4, 0.5) is 0 Å². The van der Waals surface area contributed by atoms with Crippen LogP contribution in [0, 0.1) is 0 Å². The summed E-state index contributed by atoms with van der Waals surface area (Å²) in [6.45, 7) is 3.22. The highest BCUT2D eigenvalue weighted by Gasteiger charge is 2.27. The first-order valence-corrected chi connectivity index (χ1v) is 8.03. The van der Waals surface area contributed by atoms with E-state index in [2.05, 4.69) is 5.32 Å². The Labute approximate surface area is 161 Å². The van der Waals surface area contributed by atoms with Gasteiger partial charge in [0.15, 0.2) is 5.78 Å². The maximum atomic E-state index is 12.1. The first-order valence-electron chi connectivity index (χ1n) is 8.03. The van der Waals surface area contributed by atoms with Crippen LogP contribution >= 0.6 is 12.4 Å². The third-order valence-corrected chi connectivity index (χ3v) is 2.88. The maximum absolute atomic E-state index is 12.1. The lowest BCUT2D eigenvalue weighted by Crippen LogP contribution is -2.47. The van der Waals surface area contributed by atoms with Crippen molar-refractivity contribution in [2.24, 2.45) is 0 Å². The van der Waals surface area contributed by atoms with Gasteiger partial charge in [-0.25, -0.2) is 0 Å². The van der Waals surface area contributed by atoms with Gasteiger partial charge in [0.2, 0.25) is 0 Å². The molecule has 1 aromatic carbocycles. The fraction of sp³-hybridized carbons (Fsp3) is 0.500. The van der Waals surface area contributed by atoms with Crippen molar-refractivity contribution in [3.8, 4) is 0 Å². The quantitative estimate of drug-likeness (QED) is 0.518. The van der Waals surface area contributed by atoms with Crippen LogP contribution in [0.5, 0.6) is 0 Å². The highest BCUT2D eigenvalue weighted by molar-refractivity contribution is 5.99. The fourth-order valence-electron chi connectivity index (χ4n) is 1.75. The number of halogens is 1. The molecule has 0 fully saturated rings. The molecule has 26 heavy (non-hydrogen) atoms. The number of carboxylic acid groups (broad SMARTS) is 1. The first kappa shape index (κ1) is 26.3. The second kappa shape index (κ2) is 14.2. The standard InChI is InChI=1S/C15H19NO5.C3H9N.ClH/c1-3-21-15(20)12(16-10(2)14(18)19)9-13(17)11-7-5-4-6-8-11;1-4(2)3;/h4-8,10,12,16H,3,9H2,1-2H3,(H,18,19);1-3H3;1H/t10-,12?;;/m0../s1. The second-order valence-corrected chi connectivity index (χ2v) is 5.87. The van der Waals surface area contributed by atoms with Crippen LogP contribution in [-0.4, -0.2) is 67.6 Å². The van der Waals surface area contributed by atoms with E-state index in [0.29, 0.717) is 5.56 Å². The zero-order valence-electron chi connectivity index (χ0n) is 15.9. The number of esters is 1. The number of ether oxygens (including phenoxy) is 1. The molecule has 0 aliphatic heterocycles. The Hall–Kier alpha value is -1.96. The summed E-state index contributed by atoms with van der Waals surface area (Å²) < 4.78 is 4.87. The molecule has 0 aromatic heterocycles. The summed E-state index contributed by atoms with van der Waals surface area (Å²) in [6, 6.07) is 6.58. The van der Waals surface area contributed by atoms with Crippen molar-refractivity contribution in [1.29, 1.82) is 0 Å². The molecule has 1 rings (SSSR count). The molecule has 1 unspecified atom stereocenters. The molecule has 0 saturated heterocycles. The molecule has 7 nitrogen and oxygen atoms in total. The fourth-order valence-corrected chi connectivity index (χ4v) is 1.75. The van der Waals surface area contributed by atoms with Crippen LogP contribution < -0.4 is 5.32 Å². The third kappa shape index (κ3) is 11.6. The normalized spacial score (nSPS) is 12.1. The van der Waals surface area contributed by atoms with Crippen LogP contribution in [0.25, 0.3) is 0 Å². The minimum Gasteiger partial charge on any atom is -0.480 e. The number of hydrogen-bond donors (Lipinski definition) is 2. The first-order chi connectivity index (χ1) is 11.7. The minimum atomic E-state index is -1.10. The van der Waals surface area contributed by atoms with Gasteiger partial charge in [0.05, 0.1) is 6.61 Å². The summed E-state index contributed by atoms with van der Waals surface area (Å²) in [5.74, 6) is -1.98. The van der Waals surface area contributed by atoms with Gasteiger partial charge < -0.3 is 14.7 Å². The average molecular weight is 389 g/mol. The Morgan fingerprint density at radius 1 is 1.15 bits per heavy atom. The molecule has 0 aliphatic rings. The van der Waals surface area contributed by atoms with Gasteiger partial charge in [0.1, 0.15) is 12.1 Å². The number of nitrogens with zero attached hydrogens (tertiary/aromatic N) is 1. The molecule has 0 saturated carbocycles. The number of carbonyl (C=O) groups excluding carboxylic acids is 2. The molecular weight excluding hydrogens is 360 g/mol. The summed E-state index contributed by atoms with van der Waals surface area (Å²) in [5, 5.41) is 11.5. The van der Waals surface area contributed by atoms with Gasteiger partial charge in [0.25, 0.3) is 0 Å². The Kier molecular flexibility index (Phi) is 14.4. The number of hydrogen-bond acceptors (Lipinski definition) is 6. The van der Waals surface area contributed by atoms with E-state index in [4.69, 9.17) is 9.84 Å². The Balaban J connectivity index is 0. The van der Waals surface area contributed by atoms with Crippen molar-refractivity contribution < 1.29 is 24.2 Å². The topological polar surface area (TPSA) is 95.9 Å². The van der Waals surface area contributed by atoms with Gasteiger partial charge in [-0.2, -0.15) is 0 Å². The van der Waals surface area contributed by atoms with Crippen LogP contribution in [0.1, 0.15) is 30.6 Å². The predicted molar refractivity (Wildman–Crippen MR) is 103 cm³/mol. The largest absolute Gasteiger partial charge is 0.480 e. The van der Waals surface area contributed by atoms with Crippen molar-refractivity contribution in [1.82, 2.24) is 10.2 Å². The summed E-state index contributed by atoms with van der Waals surface area (Å²) in [7, 11) is 6.00. The summed E-state index contributed by atoms with van der Waals surface area (Å²) in [6.07, 6.45) is -0.152. The van der Waals surface area contributed by atoms with Crippen molar-refractivity contribution in [3.63, 3.8) is 0 Å². The van der Waals surface area contributed by atoms with Crippen molar-refractivity contribution in [2.45, 2.75) is 32.4 Å². The lowest BCUT2D eigenvalue weighted by atomic mass is 10.0. The number of aliphatic carboxylic acids is 1. The Morgan fingerprint density at radius 3 is 2.08 bits per heavy atom. The van der Waals surface area contributed by atoms with Crippen molar-refractivity contribution in [2.75, 3.05) is 27.7 Å². The molecular formula is C18H29ClN2O5. The van der Waals surface area contributed by atoms with Gasteiger partial charge in [-0.05, 0) is 35.0 Å². The Morgan fingerprint density at radius 2 is 1.65 bits per heavy atom. The molecule has 0 heterocycles. The molecule has 0 bridgehead atoms. The smallest absolute Gasteiger partial charge is 0.323 e. The number of carboxylic acids is 1. The summed E-state index contributed by atoms with van der Waals surface area (Å²) in [5.41, 5.74) is 0.469. The highest BCUT2D eigenvalue weighted by Crippen LogP contribution is 2.07. The molecule has 0 aliphatic carbocycles. The Bertz CT molecular complexity index is 549. The van der Waals surface area contributed by atoms with Crippen LogP contribution in [-0.2, 0) is 14.3 Å². The van der Waals surface area contributed by atoms with Crippen LogP contribution in [0.15, 0.2) is 30.3 Å². The molecule has 148 valence electrons. The van der Waals surface area contributed by atoms with Crippen LogP contribution in [0.3, 0.4) is 0 Å².